The summed E-state index contributed by atoms with van der Waals surface area (Å²) < 4.78 is 9.38. The second kappa shape index (κ2) is 8.64. The minimum Gasteiger partial charge on any atom is -0.468 e. The number of fused-ring (bicyclic) bond motifs is 2. The Kier molecular flexibility index (Phi) is 5.85. The molecule has 34 heavy (non-hydrogen) atoms. The normalized spacial score (nSPS) is 15.4. The van der Waals surface area contributed by atoms with Gasteiger partial charge in [-0.1, -0.05) is 60.1 Å². The van der Waals surface area contributed by atoms with Crippen LogP contribution in [0.1, 0.15) is 41.4 Å². The summed E-state index contributed by atoms with van der Waals surface area (Å²) in [5, 5.41) is -0.606. The van der Waals surface area contributed by atoms with Crippen LogP contribution >= 0.6 is 11.6 Å². The molecule has 0 heterocycles. The van der Waals surface area contributed by atoms with Crippen molar-refractivity contribution in [3.63, 3.8) is 0 Å². The van der Waals surface area contributed by atoms with Crippen LogP contribution in [0.3, 0.4) is 0 Å². The Morgan fingerprint density at radius 1 is 0.647 bits per heavy atom. The Labute approximate surface area is 197 Å². The summed E-state index contributed by atoms with van der Waals surface area (Å²) in [6.45, 7) is 0. The number of hydrogen-bond donors (Lipinski definition) is 0. The number of rotatable bonds is 4. The molecular weight excluding hydrogens is 464 g/mol. The van der Waals surface area contributed by atoms with E-state index in [9.17, 15) is 28.8 Å². The lowest BCUT2D eigenvalue weighted by atomic mass is 9.73. The van der Waals surface area contributed by atoms with Crippen LogP contribution in [0.5, 0.6) is 0 Å². The number of methoxy groups -OCH3 is 2. The minimum absolute atomic E-state index is 0.0240. The zero-order valence-corrected chi connectivity index (χ0v) is 18.6. The van der Waals surface area contributed by atoms with Gasteiger partial charge in [0.1, 0.15) is 5.03 Å². The van der Waals surface area contributed by atoms with Crippen molar-refractivity contribution < 1.29 is 38.2 Å². The molecule has 0 N–H and O–H groups in total. The maximum atomic E-state index is 13.6. The van der Waals surface area contributed by atoms with Gasteiger partial charge in [0, 0.05) is 33.4 Å². The first-order chi connectivity index (χ1) is 16.2. The number of Topliss-reactive ketones (excluding diaryl/α,β-unsaturated/α-hetero) is 4. The van der Waals surface area contributed by atoms with Crippen LogP contribution in [0.25, 0.3) is 0 Å². The zero-order chi connectivity index (χ0) is 24.7. The largest absolute Gasteiger partial charge is 0.468 e. The Balaban J connectivity index is 2.11. The van der Waals surface area contributed by atoms with E-state index in [1.165, 1.54) is 42.5 Å². The molecule has 2 aliphatic carbocycles. The van der Waals surface area contributed by atoms with Gasteiger partial charge in [-0.15, -0.1) is 0 Å². The molecule has 0 fully saturated rings. The molecule has 0 atom stereocenters. The van der Waals surface area contributed by atoms with Crippen LogP contribution in [-0.2, 0) is 19.1 Å². The summed E-state index contributed by atoms with van der Waals surface area (Å²) in [6.07, 6.45) is 0. The van der Waals surface area contributed by atoms with Crippen molar-refractivity contribution in [1.82, 2.24) is 0 Å². The number of ketones is 4. The van der Waals surface area contributed by atoms with Crippen molar-refractivity contribution >= 4 is 46.7 Å². The van der Waals surface area contributed by atoms with Gasteiger partial charge >= 0.3 is 11.9 Å². The summed E-state index contributed by atoms with van der Waals surface area (Å²) in [7, 11) is 1.97. The average Bonchev–Trinajstić information content (AvgIpc) is 2.86. The van der Waals surface area contributed by atoms with Crippen molar-refractivity contribution in [2.24, 2.45) is 5.92 Å². The third kappa shape index (κ3) is 3.31. The van der Waals surface area contributed by atoms with Gasteiger partial charge in [0.05, 0.1) is 19.8 Å². The van der Waals surface area contributed by atoms with Crippen molar-refractivity contribution in [3.8, 4) is 0 Å². The molecule has 0 spiro atoms. The van der Waals surface area contributed by atoms with Gasteiger partial charge in [-0.3, -0.25) is 28.8 Å². The number of halogens is 1. The fraction of sp³-hybridized carbons (Fsp3) is 0.120. The molecule has 0 saturated heterocycles. The van der Waals surface area contributed by atoms with E-state index in [4.69, 9.17) is 11.6 Å². The first-order valence-electron chi connectivity index (χ1n) is 9.91. The van der Waals surface area contributed by atoms with Gasteiger partial charge in [-0.05, 0) is 0 Å². The van der Waals surface area contributed by atoms with E-state index in [-0.39, 0.29) is 22.3 Å². The number of carbonyl (C=O) groups is 6. The smallest absolute Gasteiger partial charge is 0.324 e. The molecule has 0 radical (unpaired) electrons. The molecular formula is C25H15ClO8. The fourth-order valence-corrected chi connectivity index (χ4v) is 4.34. The van der Waals surface area contributed by atoms with E-state index in [1.54, 1.807) is 6.07 Å². The number of hydrogen-bond acceptors (Lipinski definition) is 8. The lowest BCUT2D eigenvalue weighted by Gasteiger charge is -2.27. The van der Waals surface area contributed by atoms with Crippen LogP contribution in [0.15, 0.2) is 70.3 Å². The van der Waals surface area contributed by atoms with E-state index < -0.39 is 62.7 Å². The van der Waals surface area contributed by atoms with E-state index in [0.29, 0.717) is 0 Å². The summed E-state index contributed by atoms with van der Waals surface area (Å²) >= 11 is 6.31. The molecule has 9 heteroatoms. The summed E-state index contributed by atoms with van der Waals surface area (Å²) in [4.78, 5) is 78.8. The summed E-state index contributed by atoms with van der Waals surface area (Å²) in [5.74, 6) is -7.64. The maximum absolute atomic E-state index is 13.6. The molecule has 0 bridgehead atoms. The first-order valence-corrected chi connectivity index (χ1v) is 10.3. The molecule has 2 aliphatic rings. The van der Waals surface area contributed by atoms with Crippen molar-refractivity contribution in [2.75, 3.05) is 14.2 Å². The van der Waals surface area contributed by atoms with E-state index >= 15 is 0 Å². The van der Waals surface area contributed by atoms with E-state index in [2.05, 4.69) is 9.47 Å². The van der Waals surface area contributed by atoms with Gasteiger partial charge in [0.2, 0.25) is 5.78 Å². The molecule has 2 aromatic carbocycles. The fourth-order valence-electron chi connectivity index (χ4n) is 4.05. The molecule has 4 rings (SSSR count). The van der Waals surface area contributed by atoms with Crippen LogP contribution in [0.4, 0.5) is 0 Å². The number of ether oxygens (including phenoxy) is 2. The second-order valence-electron chi connectivity index (χ2n) is 7.36. The van der Waals surface area contributed by atoms with Gasteiger partial charge in [-0.25, -0.2) is 0 Å². The molecule has 0 saturated carbocycles. The minimum atomic E-state index is -1.99. The van der Waals surface area contributed by atoms with Crippen LogP contribution < -0.4 is 0 Å². The predicted octanol–water partition coefficient (Wildman–Crippen LogP) is 2.90. The number of allylic oxidation sites excluding steroid dienone is 3. The number of benzene rings is 2. The highest BCUT2D eigenvalue weighted by molar-refractivity contribution is 6.52. The van der Waals surface area contributed by atoms with E-state index in [1.807, 2.05) is 0 Å². The third-order valence-electron chi connectivity index (χ3n) is 5.63. The highest BCUT2D eigenvalue weighted by Gasteiger charge is 2.47. The van der Waals surface area contributed by atoms with Gasteiger partial charge < -0.3 is 9.47 Å². The Morgan fingerprint density at radius 3 is 1.47 bits per heavy atom. The molecule has 0 unspecified atom stereocenters. The van der Waals surface area contributed by atoms with Crippen molar-refractivity contribution in [3.05, 3.63) is 92.5 Å². The highest BCUT2D eigenvalue weighted by Crippen LogP contribution is 2.40. The maximum Gasteiger partial charge on any atom is 0.324 e. The third-order valence-corrected chi connectivity index (χ3v) is 5.99. The van der Waals surface area contributed by atoms with Gasteiger partial charge in [0.25, 0.3) is 0 Å². The molecule has 8 nitrogen and oxygen atoms in total. The number of esters is 2. The predicted molar refractivity (Wildman–Crippen MR) is 118 cm³/mol. The lowest BCUT2D eigenvalue weighted by Crippen LogP contribution is -2.37. The molecule has 0 aliphatic heterocycles. The number of carbonyl (C=O) groups excluding carboxylic acids is 6. The quantitative estimate of drug-likeness (QED) is 0.486. The first kappa shape index (κ1) is 23.0. The van der Waals surface area contributed by atoms with Gasteiger partial charge in [0.15, 0.2) is 23.3 Å². The lowest BCUT2D eigenvalue weighted by molar-refractivity contribution is -0.156. The highest BCUT2D eigenvalue weighted by atomic mass is 35.5. The summed E-state index contributed by atoms with van der Waals surface area (Å²) in [5.41, 5.74) is -1.99. The zero-order valence-electron chi connectivity index (χ0n) is 17.8. The monoisotopic (exact) mass is 478 g/mol. The second-order valence-corrected chi connectivity index (χ2v) is 7.74. The topological polar surface area (TPSA) is 121 Å². The van der Waals surface area contributed by atoms with Crippen molar-refractivity contribution in [2.45, 2.75) is 0 Å². The van der Waals surface area contributed by atoms with Crippen LogP contribution in [-0.4, -0.2) is 49.3 Å². The van der Waals surface area contributed by atoms with Crippen LogP contribution in [0.2, 0.25) is 0 Å². The Hall–Kier alpha value is -4.17. The molecule has 0 aromatic heterocycles. The SMILES string of the molecule is COC(=O)C(C(=O)OC)C1=C(C2=C(Cl)C(=O)c3ccccc3C2=O)C(=O)c2ccccc2C1=O. The van der Waals surface area contributed by atoms with E-state index in [0.717, 1.165) is 14.2 Å². The van der Waals surface area contributed by atoms with Gasteiger partial charge in [-0.2, -0.15) is 0 Å². The molecule has 0 amide bonds. The van der Waals surface area contributed by atoms with Crippen molar-refractivity contribution in [1.29, 1.82) is 0 Å². The molecule has 170 valence electrons. The Morgan fingerprint density at radius 2 is 1.03 bits per heavy atom. The molecule has 2 aromatic rings. The average molecular weight is 479 g/mol. The van der Waals surface area contributed by atoms with Crippen LogP contribution in [0, 0.1) is 5.92 Å². The Bertz CT molecular complexity index is 1380. The standard InChI is InChI=1S/C25H15ClO8/c1-33-24(31)18(25(32)34-2)16-15(20(27)11-7-3-4-8-12(11)21(16)28)17-19(26)23(30)14-10-6-5-9-13(14)22(17)29/h3-10,18H,1-2H3. The summed E-state index contributed by atoms with van der Waals surface area (Å²) in [6, 6.07) is 11.5.